The van der Waals surface area contributed by atoms with E-state index in [0.29, 0.717) is 0 Å². The van der Waals surface area contributed by atoms with E-state index in [4.69, 9.17) is 21.1 Å². The van der Waals surface area contributed by atoms with Crippen LogP contribution in [0.3, 0.4) is 0 Å². The minimum atomic E-state index is -1.43. The van der Waals surface area contributed by atoms with Crippen LogP contribution in [0, 0.1) is 0 Å². The molecule has 0 aliphatic heterocycles. The summed E-state index contributed by atoms with van der Waals surface area (Å²) in [6.07, 6.45) is -4.08. The zero-order chi connectivity index (χ0) is 9.72. The van der Waals surface area contributed by atoms with Gasteiger partial charge in [-0.15, -0.1) is 0 Å². The molecule has 6 N–H and O–H groups in total. The molecule has 0 aromatic heterocycles. The van der Waals surface area contributed by atoms with Crippen molar-refractivity contribution in [2.24, 2.45) is 5.73 Å². The maximum absolute atomic E-state index is 9.19. The molecule has 0 saturated heterocycles. The Morgan fingerprint density at radius 3 is 2.00 bits per heavy atom. The van der Waals surface area contributed by atoms with Crippen molar-refractivity contribution in [2.45, 2.75) is 24.4 Å². The van der Waals surface area contributed by atoms with Crippen LogP contribution in [0.15, 0.2) is 0 Å². The van der Waals surface area contributed by atoms with Gasteiger partial charge in [-0.2, -0.15) is 12.6 Å². The third-order valence-electron chi connectivity index (χ3n) is 1.58. The van der Waals surface area contributed by atoms with Gasteiger partial charge >= 0.3 is 0 Å². The highest BCUT2D eigenvalue weighted by molar-refractivity contribution is 7.80. The predicted octanol–water partition coefficient (Wildman–Crippen LogP) is -2.68. The summed E-state index contributed by atoms with van der Waals surface area (Å²) in [4.78, 5) is 0. The number of rotatable bonds is 5. The second-order valence-corrected chi connectivity index (χ2v) is 2.94. The summed E-state index contributed by atoms with van der Waals surface area (Å²) in [6.45, 7) is -0.614. The van der Waals surface area contributed by atoms with Gasteiger partial charge in [0.1, 0.15) is 12.2 Å². The van der Waals surface area contributed by atoms with Crippen molar-refractivity contribution in [1.29, 1.82) is 0 Å². The molecular formula is C6H15NO4S. The van der Waals surface area contributed by atoms with Gasteiger partial charge in [-0.3, -0.25) is 0 Å². The van der Waals surface area contributed by atoms with E-state index in [1.807, 2.05) is 0 Å². The van der Waals surface area contributed by atoms with Crippen LogP contribution in [0.5, 0.6) is 0 Å². The number of aliphatic hydroxyl groups excluding tert-OH is 4. The van der Waals surface area contributed by atoms with Gasteiger partial charge in [0.15, 0.2) is 0 Å². The van der Waals surface area contributed by atoms with E-state index in [0.717, 1.165) is 0 Å². The molecule has 0 saturated carbocycles. The molecule has 0 radical (unpaired) electrons. The van der Waals surface area contributed by atoms with Crippen LogP contribution in [0.2, 0.25) is 0 Å². The first-order valence-corrected chi connectivity index (χ1v) is 4.19. The molecule has 5 nitrogen and oxygen atoms in total. The first kappa shape index (κ1) is 12.2. The number of nitrogens with two attached hydrogens (primary N) is 1. The second-order valence-electron chi connectivity index (χ2n) is 2.58. The largest absolute Gasteiger partial charge is 0.394 e. The molecule has 0 amide bonds. The first-order valence-electron chi connectivity index (χ1n) is 3.56. The van der Waals surface area contributed by atoms with Crippen molar-refractivity contribution in [3.05, 3.63) is 0 Å². The minimum absolute atomic E-state index is 0.191. The summed E-state index contributed by atoms with van der Waals surface area (Å²) >= 11 is 3.81. The zero-order valence-electron chi connectivity index (χ0n) is 6.54. The summed E-state index contributed by atoms with van der Waals surface area (Å²) in [5, 5.41) is 35.6. The Morgan fingerprint density at radius 1 is 1.17 bits per heavy atom. The maximum atomic E-state index is 9.19. The van der Waals surface area contributed by atoms with Gasteiger partial charge < -0.3 is 26.2 Å². The number of aliphatic hydroxyl groups is 4. The summed E-state index contributed by atoms with van der Waals surface area (Å²) in [5.74, 6) is 0.191. The Hall–Kier alpha value is 0.150. The van der Waals surface area contributed by atoms with E-state index >= 15 is 0 Å². The fourth-order valence-electron chi connectivity index (χ4n) is 0.697. The molecule has 0 heterocycles. The van der Waals surface area contributed by atoms with Gasteiger partial charge in [0.25, 0.3) is 0 Å². The molecule has 0 aromatic rings. The minimum Gasteiger partial charge on any atom is -0.394 e. The van der Waals surface area contributed by atoms with Gasteiger partial charge in [0.2, 0.25) is 0 Å². The van der Waals surface area contributed by atoms with Gasteiger partial charge in [-0.25, -0.2) is 0 Å². The van der Waals surface area contributed by atoms with Crippen molar-refractivity contribution >= 4 is 12.6 Å². The van der Waals surface area contributed by atoms with Crippen LogP contribution in [-0.4, -0.2) is 57.1 Å². The molecule has 74 valence electrons. The van der Waals surface area contributed by atoms with E-state index in [9.17, 15) is 5.11 Å². The fourth-order valence-corrected chi connectivity index (χ4v) is 0.913. The van der Waals surface area contributed by atoms with Crippen LogP contribution >= 0.6 is 12.6 Å². The monoisotopic (exact) mass is 197 g/mol. The molecule has 0 unspecified atom stereocenters. The van der Waals surface area contributed by atoms with Crippen LogP contribution in [-0.2, 0) is 0 Å². The van der Waals surface area contributed by atoms with Gasteiger partial charge in [0, 0.05) is 11.8 Å². The number of hydrogen-bond donors (Lipinski definition) is 6. The van der Waals surface area contributed by atoms with Crippen molar-refractivity contribution < 1.29 is 20.4 Å². The fraction of sp³-hybridized carbons (Fsp3) is 1.00. The Labute approximate surface area is 76.2 Å². The Bertz CT molecular complexity index is 112. The van der Waals surface area contributed by atoms with E-state index in [1.165, 1.54) is 0 Å². The molecule has 0 rings (SSSR count). The third-order valence-corrected chi connectivity index (χ3v) is 2.00. The lowest BCUT2D eigenvalue weighted by Gasteiger charge is -2.25. The SMILES string of the molecule is N[C@@H](CS)[C@@H](O)[C@H](O)[C@H](O)CO. The van der Waals surface area contributed by atoms with Gasteiger partial charge in [-0.1, -0.05) is 0 Å². The van der Waals surface area contributed by atoms with Crippen molar-refractivity contribution in [2.75, 3.05) is 12.4 Å². The molecule has 0 aliphatic rings. The molecule has 12 heavy (non-hydrogen) atoms. The smallest absolute Gasteiger partial charge is 0.109 e. The third kappa shape index (κ3) is 3.26. The zero-order valence-corrected chi connectivity index (χ0v) is 7.43. The molecule has 0 fully saturated rings. The van der Waals surface area contributed by atoms with E-state index in [2.05, 4.69) is 12.6 Å². The Balaban J connectivity index is 3.99. The summed E-state index contributed by atoms with van der Waals surface area (Å²) in [5.41, 5.74) is 5.33. The molecular weight excluding hydrogens is 182 g/mol. The highest BCUT2D eigenvalue weighted by atomic mass is 32.1. The quantitative estimate of drug-likeness (QED) is 0.269. The van der Waals surface area contributed by atoms with Crippen molar-refractivity contribution in [3.8, 4) is 0 Å². The number of hydrogen-bond acceptors (Lipinski definition) is 6. The molecule has 0 aromatic carbocycles. The first-order chi connectivity index (χ1) is 5.54. The number of thiol groups is 1. The molecule has 0 aliphatic carbocycles. The molecule has 0 spiro atoms. The summed E-state index contributed by atoms with van der Waals surface area (Å²) in [7, 11) is 0. The maximum Gasteiger partial charge on any atom is 0.109 e. The van der Waals surface area contributed by atoms with Crippen LogP contribution in [0.1, 0.15) is 0 Å². The molecule has 0 bridgehead atoms. The Kier molecular flexibility index (Phi) is 5.81. The lowest BCUT2D eigenvalue weighted by molar-refractivity contribution is -0.0811. The lowest BCUT2D eigenvalue weighted by Crippen LogP contribution is -2.50. The van der Waals surface area contributed by atoms with Crippen LogP contribution in [0.25, 0.3) is 0 Å². The average molecular weight is 197 g/mol. The van der Waals surface area contributed by atoms with Crippen LogP contribution in [0.4, 0.5) is 0 Å². The van der Waals surface area contributed by atoms with Crippen molar-refractivity contribution in [1.82, 2.24) is 0 Å². The van der Waals surface area contributed by atoms with E-state index in [1.54, 1.807) is 0 Å². The summed E-state index contributed by atoms with van der Waals surface area (Å²) < 4.78 is 0. The highest BCUT2D eigenvalue weighted by Gasteiger charge is 2.27. The van der Waals surface area contributed by atoms with Gasteiger partial charge in [-0.05, 0) is 0 Å². The molecule has 4 atom stereocenters. The Morgan fingerprint density at radius 2 is 1.67 bits per heavy atom. The normalized spacial score (nSPS) is 21.5. The van der Waals surface area contributed by atoms with E-state index in [-0.39, 0.29) is 5.75 Å². The standard InChI is InChI=1S/C6H15NO4S/c7-3(2-12)5(10)6(11)4(9)1-8/h3-6,8-12H,1-2,7H2/t3-,4+,5+,6+/m0/s1. The average Bonchev–Trinajstić information content (AvgIpc) is 2.12. The van der Waals surface area contributed by atoms with Gasteiger partial charge in [0.05, 0.1) is 12.7 Å². The predicted molar refractivity (Wildman–Crippen MR) is 46.9 cm³/mol. The lowest BCUT2D eigenvalue weighted by atomic mass is 10.0. The second kappa shape index (κ2) is 5.74. The summed E-state index contributed by atoms with van der Waals surface area (Å²) in [6, 6.07) is -0.718. The highest BCUT2D eigenvalue weighted by Crippen LogP contribution is 2.04. The van der Waals surface area contributed by atoms with E-state index < -0.39 is 31.0 Å². The topological polar surface area (TPSA) is 107 Å². The molecule has 6 heteroatoms. The van der Waals surface area contributed by atoms with Crippen LogP contribution < -0.4 is 5.73 Å². The van der Waals surface area contributed by atoms with Crippen molar-refractivity contribution in [3.63, 3.8) is 0 Å².